The minimum absolute atomic E-state index is 0.876. The molecule has 0 aliphatic heterocycles. The summed E-state index contributed by atoms with van der Waals surface area (Å²) in [5, 5.41) is 7.93. The van der Waals surface area contributed by atoms with Gasteiger partial charge in [0.1, 0.15) is 6.33 Å². The highest BCUT2D eigenvalue weighted by atomic mass is 79.9. The molecule has 3 nitrogen and oxygen atoms in total. The standard InChI is InChI=1S/C10H10BrN3/c1-7-3-4-9(11)8(5-7)10-13-12-6-14(10)2/h3-6H,1-2H3. The summed E-state index contributed by atoms with van der Waals surface area (Å²) in [5.74, 6) is 0.876. The van der Waals surface area contributed by atoms with Gasteiger partial charge >= 0.3 is 0 Å². The Kier molecular flexibility index (Phi) is 2.37. The van der Waals surface area contributed by atoms with Gasteiger partial charge in [0.2, 0.25) is 0 Å². The van der Waals surface area contributed by atoms with E-state index in [1.54, 1.807) is 6.33 Å². The van der Waals surface area contributed by atoms with E-state index in [0.29, 0.717) is 0 Å². The molecule has 0 unspecified atom stereocenters. The van der Waals surface area contributed by atoms with Crippen molar-refractivity contribution in [2.45, 2.75) is 6.92 Å². The summed E-state index contributed by atoms with van der Waals surface area (Å²) in [7, 11) is 1.93. The van der Waals surface area contributed by atoms with Gasteiger partial charge in [-0.05, 0) is 19.1 Å². The number of rotatable bonds is 1. The molecule has 1 aromatic heterocycles. The normalized spacial score (nSPS) is 10.5. The fraction of sp³-hybridized carbons (Fsp3) is 0.200. The lowest BCUT2D eigenvalue weighted by atomic mass is 10.1. The largest absolute Gasteiger partial charge is 0.317 e. The molecule has 72 valence electrons. The molecule has 0 bridgehead atoms. The Morgan fingerprint density at radius 3 is 2.79 bits per heavy atom. The van der Waals surface area contributed by atoms with Crippen LogP contribution in [0.4, 0.5) is 0 Å². The molecule has 2 aromatic rings. The molecular weight excluding hydrogens is 242 g/mol. The van der Waals surface area contributed by atoms with Gasteiger partial charge in [0.05, 0.1) is 0 Å². The smallest absolute Gasteiger partial charge is 0.164 e. The summed E-state index contributed by atoms with van der Waals surface area (Å²) in [6, 6.07) is 6.18. The van der Waals surface area contributed by atoms with Crippen molar-refractivity contribution in [1.82, 2.24) is 14.8 Å². The zero-order valence-corrected chi connectivity index (χ0v) is 9.62. The molecule has 0 atom stereocenters. The van der Waals surface area contributed by atoms with Gasteiger partial charge in [0, 0.05) is 17.1 Å². The Balaban J connectivity index is 2.62. The lowest BCUT2D eigenvalue weighted by molar-refractivity contribution is 0.919. The van der Waals surface area contributed by atoms with Crippen molar-refractivity contribution in [3.8, 4) is 11.4 Å². The first-order valence-electron chi connectivity index (χ1n) is 4.29. The van der Waals surface area contributed by atoms with Crippen LogP contribution in [0.5, 0.6) is 0 Å². The van der Waals surface area contributed by atoms with E-state index in [-0.39, 0.29) is 0 Å². The molecule has 0 spiro atoms. The minimum atomic E-state index is 0.876. The lowest BCUT2D eigenvalue weighted by Crippen LogP contribution is -1.92. The van der Waals surface area contributed by atoms with Crippen molar-refractivity contribution in [3.63, 3.8) is 0 Å². The minimum Gasteiger partial charge on any atom is -0.317 e. The maximum absolute atomic E-state index is 4.07. The predicted molar refractivity (Wildman–Crippen MR) is 58.9 cm³/mol. The van der Waals surface area contributed by atoms with Gasteiger partial charge in [0.25, 0.3) is 0 Å². The highest BCUT2D eigenvalue weighted by Gasteiger charge is 2.08. The van der Waals surface area contributed by atoms with Crippen LogP contribution in [0.2, 0.25) is 0 Å². The monoisotopic (exact) mass is 251 g/mol. The molecule has 0 amide bonds. The second-order valence-corrected chi connectivity index (χ2v) is 4.10. The van der Waals surface area contributed by atoms with Gasteiger partial charge in [-0.3, -0.25) is 0 Å². The summed E-state index contributed by atoms with van der Waals surface area (Å²) in [6.45, 7) is 2.06. The number of aryl methyl sites for hydroxylation is 2. The van der Waals surface area contributed by atoms with Gasteiger partial charge in [-0.2, -0.15) is 0 Å². The number of hydrogen-bond acceptors (Lipinski definition) is 2. The molecule has 0 radical (unpaired) electrons. The Bertz CT molecular complexity index is 462. The second kappa shape index (κ2) is 3.53. The molecule has 0 aliphatic carbocycles. The fourth-order valence-corrected chi connectivity index (χ4v) is 1.76. The van der Waals surface area contributed by atoms with Crippen LogP contribution in [0.3, 0.4) is 0 Å². The number of nitrogens with zero attached hydrogens (tertiary/aromatic N) is 3. The van der Waals surface area contributed by atoms with Crippen molar-refractivity contribution in [2.75, 3.05) is 0 Å². The molecule has 1 heterocycles. The van der Waals surface area contributed by atoms with E-state index in [0.717, 1.165) is 15.9 Å². The van der Waals surface area contributed by atoms with Crippen LogP contribution in [0.25, 0.3) is 11.4 Å². The third-order valence-corrected chi connectivity index (χ3v) is 2.77. The van der Waals surface area contributed by atoms with E-state index in [1.165, 1.54) is 5.56 Å². The molecule has 1 aromatic carbocycles. The van der Waals surface area contributed by atoms with Gasteiger partial charge < -0.3 is 4.57 Å². The van der Waals surface area contributed by atoms with E-state index >= 15 is 0 Å². The van der Waals surface area contributed by atoms with Gasteiger partial charge in [-0.25, -0.2) is 0 Å². The molecule has 0 saturated carbocycles. The van der Waals surface area contributed by atoms with E-state index in [9.17, 15) is 0 Å². The van der Waals surface area contributed by atoms with E-state index in [1.807, 2.05) is 17.7 Å². The van der Waals surface area contributed by atoms with Crippen molar-refractivity contribution in [3.05, 3.63) is 34.6 Å². The SMILES string of the molecule is Cc1ccc(Br)c(-c2nncn2C)c1. The molecule has 14 heavy (non-hydrogen) atoms. The maximum atomic E-state index is 4.07. The lowest BCUT2D eigenvalue weighted by Gasteiger charge is -2.04. The van der Waals surface area contributed by atoms with Crippen LogP contribution < -0.4 is 0 Å². The highest BCUT2D eigenvalue weighted by molar-refractivity contribution is 9.10. The van der Waals surface area contributed by atoms with Gasteiger partial charge in [-0.15, -0.1) is 10.2 Å². The van der Waals surface area contributed by atoms with Crippen LogP contribution >= 0.6 is 15.9 Å². The van der Waals surface area contributed by atoms with Crippen molar-refractivity contribution in [2.24, 2.45) is 7.05 Å². The average Bonchev–Trinajstić information content (AvgIpc) is 2.56. The summed E-state index contributed by atoms with van der Waals surface area (Å²) in [6.07, 6.45) is 1.70. The van der Waals surface area contributed by atoms with Crippen LogP contribution in [0.1, 0.15) is 5.56 Å². The van der Waals surface area contributed by atoms with E-state index in [2.05, 4.69) is 45.2 Å². The van der Waals surface area contributed by atoms with E-state index in [4.69, 9.17) is 0 Å². The molecule has 4 heteroatoms. The summed E-state index contributed by atoms with van der Waals surface area (Å²) < 4.78 is 2.94. The zero-order valence-electron chi connectivity index (χ0n) is 8.03. The molecule has 0 N–H and O–H groups in total. The van der Waals surface area contributed by atoms with Crippen LogP contribution in [0.15, 0.2) is 29.0 Å². The van der Waals surface area contributed by atoms with Gasteiger partial charge in [0.15, 0.2) is 5.82 Å². The fourth-order valence-electron chi connectivity index (χ4n) is 1.34. The van der Waals surface area contributed by atoms with Gasteiger partial charge in [-0.1, -0.05) is 27.6 Å². The first-order valence-corrected chi connectivity index (χ1v) is 5.08. The topological polar surface area (TPSA) is 30.7 Å². The maximum Gasteiger partial charge on any atom is 0.164 e. The number of hydrogen-bond donors (Lipinski definition) is 0. The molecule has 2 rings (SSSR count). The Morgan fingerprint density at radius 2 is 2.14 bits per heavy atom. The number of aromatic nitrogens is 3. The zero-order chi connectivity index (χ0) is 10.1. The van der Waals surface area contributed by atoms with Crippen LogP contribution in [0, 0.1) is 6.92 Å². The molecule has 0 saturated heterocycles. The summed E-state index contributed by atoms with van der Waals surface area (Å²) in [5.41, 5.74) is 2.29. The predicted octanol–water partition coefficient (Wildman–Crippen LogP) is 2.55. The third-order valence-electron chi connectivity index (χ3n) is 2.07. The summed E-state index contributed by atoms with van der Waals surface area (Å²) >= 11 is 3.50. The first kappa shape index (κ1) is 9.40. The molecule has 0 aliphatic rings. The highest BCUT2D eigenvalue weighted by Crippen LogP contribution is 2.26. The van der Waals surface area contributed by atoms with Crippen molar-refractivity contribution < 1.29 is 0 Å². The molecule has 0 fully saturated rings. The average molecular weight is 252 g/mol. The Morgan fingerprint density at radius 1 is 1.36 bits per heavy atom. The quantitative estimate of drug-likeness (QED) is 0.780. The Labute approximate surface area is 90.9 Å². The summed E-state index contributed by atoms with van der Waals surface area (Å²) in [4.78, 5) is 0. The third kappa shape index (κ3) is 1.57. The molecular formula is C10H10BrN3. The van der Waals surface area contributed by atoms with Crippen molar-refractivity contribution in [1.29, 1.82) is 0 Å². The Hall–Kier alpha value is -1.16. The van der Waals surface area contributed by atoms with E-state index < -0.39 is 0 Å². The number of halogens is 1. The first-order chi connectivity index (χ1) is 6.68. The van der Waals surface area contributed by atoms with Crippen molar-refractivity contribution >= 4 is 15.9 Å². The van der Waals surface area contributed by atoms with Crippen LogP contribution in [-0.4, -0.2) is 14.8 Å². The number of benzene rings is 1. The van der Waals surface area contributed by atoms with Crippen LogP contribution in [-0.2, 0) is 7.05 Å². The second-order valence-electron chi connectivity index (χ2n) is 3.25.